The molecule has 24 heavy (non-hydrogen) atoms. The van der Waals surface area contributed by atoms with Crippen LogP contribution in [0.5, 0.6) is 0 Å². The summed E-state index contributed by atoms with van der Waals surface area (Å²) < 4.78 is 27.6. The molecule has 0 unspecified atom stereocenters. The monoisotopic (exact) mass is 406 g/mol. The standard InChI is InChI=1S/C16H15BrN4O2S/c1-20(2)11-19-16-8-13-14(17)10-21(15(13)9-18-16)24(22,23)12-6-4-3-5-7-12/h3-11H,1-2H3/b19-11+. The van der Waals surface area contributed by atoms with Crippen molar-refractivity contribution in [1.29, 1.82) is 0 Å². The van der Waals surface area contributed by atoms with Crippen LogP contribution in [0.3, 0.4) is 0 Å². The van der Waals surface area contributed by atoms with E-state index in [4.69, 9.17) is 0 Å². The Hall–Kier alpha value is -2.19. The average Bonchev–Trinajstić information content (AvgIpc) is 2.91. The smallest absolute Gasteiger partial charge is 0.268 e. The minimum absolute atomic E-state index is 0.226. The van der Waals surface area contributed by atoms with Crippen LogP contribution in [0.2, 0.25) is 0 Å². The van der Waals surface area contributed by atoms with Crippen molar-refractivity contribution in [2.45, 2.75) is 4.90 Å². The number of benzene rings is 1. The number of rotatable bonds is 4. The van der Waals surface area contributed by atoms with E-state index in [-0.39, 0.29) is 4.90 Å². The third kappa shape index (κ3) is 3.07. The van der Waals surface area contributed by atoms with Gasteiger partial charge < -0.3 is 4.90 Å². The number of pyridine rings is 1. The maximum atomic E-state index is 12.8. The van der Waals surface area contributed by atoms with Crippen LogP contribution < -0.4 is 0 Å². The highest BCUT2D eigenvalue weighted by atomic mass is 79.9. The molecule has 0 N–H and O–H groups in total. The normalized spacial score (nSPS) is 12.1. The van der Waals surface area contributed by atoms with E-state index in [0.29, 0.717) is 15.8 Å². The molecule has 8 heteroatoms. The number of hydrogen-bond acceptors (Lipinski definition) is 4. The summed E-state index contributed by atoms with van der Waals surface area (Å²) in [5.41, 5.74) is 0.495. The second-order valence-electron chi connectivity index (χ2n) is 5.36. The maximum absolute atomic E-state index is 12.8. The van der Waals surface area contributed by atoms with Gasteiger partial charge in [0.25, 0.3) is 10.0 Å². The van der Waals surface area contributed by atoms with E-state index >= 15 is 0 Å². The predicted molar refractivity (Wildman–Crippen MR) is 98.3 cm³/mol. The lowest BCUT2D eigenvalue weighted by Gasteiger charge is -2.07. The van der Waals surface area contributed by atoms with Crippen LogP contribution in [-0.4, -0.2) is 42.7 Å². The Labute approximate surface area is 148 Å². The minimum atomic E-state index is -3.68. The first-order valence-electron chi connectivity index (χ1n) is 7.07. The van der Waals surface area contributed by atoms with Crippen molar-refractivity contribution in [3.63, 3.8) is 0 Å². The third-order valence-electron chi connectivity index (χ3n) is 3.31. The molecule has 3 rings (SSSR count). The Morgan fingerprint density at radius 1 is 1.25 bits per heavy atom. The summed E-state index contributed by atoms with van der Waals surface area (Å²) >= 11 is 3.42. The molecular weight excluding hydrogens is 392 g/mol. The van der Waals surface area contributed by atoms with Crippen LogP contribution in [0.25, 0.3) is 10.9 Å². The van der Waals surface area contributed by atoms with E-state index < -0.39 is 10.0 Å². The first-order chi connectivity index (χ1) is 11.4. The van der Waals surface area contributed by atoms with Crippen LogP contribution in [0, 0.1) is 0 Å². The molecule has 2 aromatic heterocycles. The van der Waals surface area contributed by atoms with E-state index in [0.717, 1.165) is 5.39 Å². The van der Waals surface area contributed by atoms with Gasteiger partial charge in [-0.05, 0) is 34.1 Å². The molecule has 0 aliphatic carbocycles. The number of hydrogen-bond donors (Lipinski definition) is 0. The zero-order chi connectivity index (χ0) is 17.3. The lowest BCUT2D eigenvalue weighted by Crippen LogP contribution is -2.11. The molecule has 6 nitrogen and oxygen atoms in total. The van der Waals surface area contributed by atoms with Gasteiger partial charge >= 0.3 is 0 Å². The molecule has 0 radical (unpaired) electrons. The Bertz CT molecular complexity index is 1010. The summed E-state index contributed by atoms with van der Waals surface area (Å²) in [7, 11) is 0.0406. The van der Waals surface area contributed by atoms with Gasteiger partial charge in [0.15, 0.2) is 5.82 Å². The molecule has 0 saturated carbocycles. The number of nitrogens with zero attached hydrogens (tertiary/aromatic N) is 4. The van der Waals surface area contributed by atoms with Crippen molar-refractivity contribution < 1.29 is 8.42 Å². The van der Waals surface area contributed by atoms with E-state index in [1.165, 1.54) is 16.4 Å². The quantitative estimate of drug-likeness (QED) is 0.492. The highest BCUT2D eigenvalue weighted by Crippen LogP contribution is 2.31. The molecule has 2 heterocycles. The van der Waals surface area contributed by atoms with Crippen LogP contribution in [0.1, 0.15) is 0 Å². The summed E-state index contributed by atoms with van der Waals surface area (Å²) in [6, 6.07) is 10.0. The van der Waals surface area contributed by atoms with Crippen molar-refractivity contribution >= 4 is 49.0 Å². The van der Waals surface area contributed by atoms with Crippen molar-refractivity contribution in [2.75, 3.05) is 14.1 Å². The van der Waals surface area contributed by atoms with Gasteiger partial charge in [-0.2, -0.15) is 0 Å². The van der Waals surface area contributed by atoms with Gasteiger partial charge in [-0.3, -0.25) is 0 Å². The fourth-order valence-corrected chi connectivity index (χ4v) is 4.23. The van der Waals surface area contributed by atoms with Gasteiger partial charge in [-0.25, -0.2) is 22.4 Å². The molecule has 3 aromatic rings. The Morgan fingerprint density at radius 3 is 2.62 bits per heavy atom. The SMILES string of the molecule is CN(C)/C=N/c1cc2c(Br)cn(S(=O)(=O)c3ccccc3)c2cn1. The average molecular weight is 407 g/mol. The molecule has 124 valence electrons. The summed E-state index contributed by atoms with van der Waals surface area (Å²) in [5, 5.41) is 0.732. The molecule has 0 aliphatic rings. The highest BCUT2D eigenvalue weighted by molar-refractivity contribution is 9.10. The highest BCUT2D eigenvalue weighted by Gasteiger charge is 2.20. The first kappa shape index (κ1) is 16.7. The third-order valence-corrected chi connectivity index (χ3v) is 5.63. The van der Waals surface area contributed by atoms with Crippen molar-refractivity contribution in [1.82, 2.24) is 13.9 Å². The fourth-order valence-electron chi connectivity index (χ4n) is 2.20. The summed E-state index contributed by atoms with van der Waals surface area (Å²) in [5.74, 6) is 0.506. The van der Waals surface area contributed by atoms with Gasteiger partial charge in [0.2, 0.25) is 0 Å². The Kier molecular flexibility index (Phi) is 4.42. The maximum Gasteiger partial charge on any atom is 0.268 e. The van der Waals surface area contributed by atoms with Crippen molar-refractivity contribution in [2.24, 2.45) is 4.99 Å². The molecule has 0 atom stereocenters. The number of aliphatic imine (C=N–C) groups is 1. The molecule has 0 aliphatic heterocycles. The largest absolute Gasteiger partial charge is 0.369 e. The second kappa shape index (κ2) is 6.37. The summed E-state index contributed by atoms with van der Waals surface area (Å²) in [4.78, 5) is 10.5. The molecule has 0 amide bonds. The molecule has 1 aromatic carbocycles. The summed E-state index contributed by atoms with van der Waals surface area (Å²) in [6.07, 6.45) is 4.69. The van der Waals surface area contributed by atoms with Gasteiger partial charge in [0.1, 0.15) is 0 Å². The van der Waals surface area contributed by atoms with Crippen LogP contribution in [0.4, 0.5) is 5.82 Å². The molecule has 0 fully saturated rings. The van der Waals surface area contributed by atoms with Gasteiger partial charge in [0.05, 0.1) is 22.9 Å². The minimum Gasteiger partial charge on any atom is -0.369 e. The van der Waals surface area contributed by atoms with Gasteiger partial charge in [-0.15, -0.1) is 0 Å². The second-order valence-corrected chi connectivity index (χ2v) is 8.03. The van der Waals surface area contributed by atoms with E-state index in [9.17, 15) is 8.42 Å². The zero-order valence-electron chi connectivity index (χ0n) is 13.1. The first-order valence-corrected chi connectivity index (χ1v) is 9.31. The Balaban J connectivity index is 2.14. The number of aromatic nitrogens is 2. The topological polar surface area (TPSA) is 67.6 Å². The molecule has 0 bridgehead atoms. The lowest BCUT2D eigenvalue weighted by atomic mass is 10.3. The van der Waals surface area contributed by atoms with E-state index in [1.54, 1.807) is 47.6 Å². The van der Waals surface area contributed by atoms with Crippen LogP contribution in [0.15, 0.2) is 63.2 Å². The molecular formula is C16H15BrN4O2S. The van der Waals surface area contributed by atoms with E-state index in [1.807, 2.05) is 14.1 Å². The van der Waals surface area contributed by atoms with Crippen molar-refractivity contribution in [3.8, 4) is 0 Å². The Morgan fingerprint density at radius 2 is 1.96 bits per heavy atom. The van der Waals surface area contributed by atoms with Gasteiger partial charge in [0, 0.05) is 30.2 Å². The molecule has 0 spiro atoms. The zero-order valence-corrected chi connectivity index (χ0v) is 15.5. The van der Waals surface area contributed by atoms with E-state index in [2.05, 4.69) is 25.9 Å². The van der Waals surface area contributed by atoms with Crippen molar-refractivity contribution in [3.05, 3.63) is 53.3 Å². The lowest BCUT2D eigenvalue weighted by molar-refractivity contribution is 0.589. The van der Waals surface area contributed by atoms with Gasteiger partial charge in [-0.1, -0.05) is 18.2 Å². The number of fused-ring (bicyclic) bond motifs is 1. The fraction of sp³-hybridized carbons (Fsp3) is 0.125. The molecule has 0 saturated heterocycles. The number of halogens is 1. The van der Waals surface area contributed by atoms with Crippen LogP contribution >= 0.6 is 15.9 Å². The predicted octanol–water partition coefficient (Wildman–Crippen LogP) is 3.26. The summed E-state index contributed by atoms with van der Waals surface area (Å²) in [6.45, 7) is 0. The van der Waals surface area contributed by atoms with Crippen LogP contribution in [-0.2, 0) is 10.0 Å².